The summed E-state index contributed by atoms with van der Waals surface area (Å²) in [5.74, 6) is 0.704. The van der Waals surface area contributed by atoms with Crippen LogP contribution in [0.1, 0.15) is 19.8 Å². The molecule has 62 valence electrons. The first-order valence-electron chi connectivity index (χ1n) is 3.71. The van der Waals surface area contributed by atoms with E-state index in [1.807, 2.05) is 0 Å². The third-order valence-corrected chi connectivity index (χ3v) is 1.60. The molecule has 0 aliphatic carbocycles. The van der Waals surface area contributed by atoms with Gasteiger partial charge in [0.25, 0.3) is 0 Å². The second-order valence-electron chi connectivity index (χ2n) is 2.68. The van der Waals surface area contributed by atoms with Crippen LogP contribution in [0.15, 0.2) is 11.8 Å². The zero-order chi connectivity index (χ0) is 8.27. The highest BCUT2D eigenvalue weighted by atomic mass is 16.5. The highest BCUT2D eigenvalue weighted by Crippen LogP contribution is 2.22. The van der Waals surface area contributed by atoms with Gasteiger partial charge in [-0.3, -0.25) is 4.79 Å². The zero-order valence-corrected chi connectivity index (χ0v) is 6.54. The molecule has 1 aliphatic heterocycles. The molecule has 3 heteroatoms. The largest absolute Gasteiger partial charge is 0.492 e. The molecule has 11 heavy (non-hydrogen) atoms. The normalized spacial score (nSPS) is 27.1. The maximum atomic E-state index is 10.6. The van der Waals surface area contributed by atoms with Gasteiger partial charge in [0.05, 0.1) is 6.61 Å². The van der Waals surface area contributed by atoms with Gasteiger partial charge >= 0.3 is 0 Å². The van der Waals surface area contributed by atoms with E-state index in [2.05, 4.69) is 0 Å². The molecule has 1 aliphatic rings. The highest BCUT2D eigenvalue weighted by Gasteiger charge is 2.19. The third kappa shape index (κ3) is 2.35. The average Bonchev–Trinajstić information content (AvgIpc) is 2.34. The summed E-state index contributed by atoms with van der Waals surface area (Å²) in [6, 6.07) is 0. The van der Waals surface area contributed by atoms with Crippen molar-refractivity contribution in [3.05, 3.63) is 11.8 Å². The number of hydrogen-bond acceptors (Lipinski definition) is 3. The van der Waals surface area contributed by atoms with Crippen molar-refractivity contribution in [3.8, 4) is 0 Å². The van der Waals surface area contributed by atoms with Gasteiger partial charge < -0.3 is 9.84 Å². The minimum atomic E-state index is -0.0967. The standard InChI is InChI=1S/C8H12O3/c1-6(10)4-7-2-3-8(5-9)11-7/h4,8-9H,2-3,5H2,1H3/b7-4-. The van der Waals surface area contributed by atoms with Crippen LogP contribution in [0.4, 0.5) is 0 Å². The Balaban J connectivity index is 2.47. The number of rotatable bonds is 2. The fourth-order valence-electron chi connectivity index (χ4n) is 1.10. The molecular formula is C8H12O3. The quantitative estimate of drug-likeness (QED) is 0.596. The lowest BCUT2D eigenvalue weighted by Crippen LogP contribution is -2.09. The van der Waals surface area contributed by atoms with Gasteiger partial charge in [-0.15, -0.1) is 0 Å². The minimum Gasteiger partial charge on any atom is -0.492 e. The van der Waals surface area contributed by atoms with Crippen molar-refractivity contribution in [2.75, 3.05) is 6.61 Å². The van der Waals surface area contributed by atoms with E-state index in [1.54, 1.807) is 0 Å². The topological polar surface area (TPSA) is 46.5 Å². The van der Waals surface area contributed by atoms with Crippen LogP contribution < -0.4 is 0 Å². The number of aliphatic hydroxyl groups is 1. The van der Waals surface area contributed by atoms with Crippen molar-refractivity contribution < 1.29 is 14.6 Å². The monoisotopic (exact) mass is 156 g/mol. The second kappa shape index (κ2) is 3.53. The maximum absolute atomic E-state index is 10.6. The lowest BCUT2D eigenvalue weighted by Gasteiger charge is -2.04. The molecule has 1 atom stereocenters. The average molecular weight is 156 g/mol. The Hall–Kier alpha value is -0.830. The van der Waals surface area contributed by atoms with Crippen LogP contribution in [-0.4, -0.2) is 23.6 Å². The molecule has 0 spiro atoms. The number of ketones is 1. The molecule has 0 saturated carbocycles. The van der Waals surface area contributed by atoms with E-state index in [0.717, 1.165) is 12.8 Å². The highest BCUT2D eigenvalue weighted by molar-refractivity contribution is 5.87. The van der Waals surface area contributed by atoms with Gasteiger partial charge in [-0.1, -0.05) is 0 Å². The number of hydrogen-bond donors (Lipinski definition) is 1. The first-order chi connectivity index (χ1) is 5.22. The van der Waals surface area contributed by atoms with Gasteiger partial charge in [-0.05, 0) is 13.3 Å². The molecule has 0 aromatic carbocycles. The summed E-state index contributed by atoms with van der Waals surface area (Å²) in [4.78, 5) is 10.6. The van der Waals surface area contributed by atoms with Crippen LogP contribution in [0.5, 0.6) is 0 Å². The summed E-state index contributed by atoms with van der Waals surface area (Å²) in [5, 5.41) is 8.68. The third-order valence-electron chi connectivity index (χ3n) is 1.60. The molecule has 0 amide bonds. The van der Waals surface area contributed by atoms with Crippen molar-refractivity contribution >= 4 is 5.78 Å². The Kier molecular flexibility index (Phi) is 2.65. The molecule has 3 nitrogen and oxygen atoms in total. The van der Waals surface area contributed by atoms with Crippen LogP contribution in [0.2, 0.25) is 0 Å². The molecule has 0 radical (unpaired) electrons. The number of allylic oxidation sites excluding steroid dienone is 2. The van der Waals surface area contributed by atoms with Crippen LogP contribution >= 0.6 is 0 Å². The fraction of sp³-hybridized carbons (Fsp3) is 0.625. The molecule has 1 rings (SSSR count). The van der Waals surface area contributed by atoms with Gasteiger partial charge in [0.2, 0.25) is 0 Å². The molecule has 1 fully saturated rings. The Bertz CT molecular complexity index is 184. The first kappa shape index (κ1) is 8.27. The van der Waals surface area contributed by atoms with Gasteiger partial charge in [0, 0.05) is 12.5 Å². The minimum absolute atomic E-state index is 0.00131. The smallest absolute Gasteiger partial charge is 0.155 e. The van der Waals surface area contributed by atoms with E-state index in [1.165, 1.54) is 13.0 Å². The second-order valence-corrected chi connectivity index (χ2v) is 2.68. The molecule has 1 N–H and O–H groups in total. The molecule has 1 unspecified atom stereocenters. The van der Waals surface area contributed by atoms with Crippen molar-refractivity contribution in [1.29, 1.82) is 0 Å². The molecule has 0 aromatic rings. The molecular weight excluding hydrogens is 144 g/mol. The van der Waals surface area contributed by atoms with Crippen molar-refractivity contribution in [2.24, 2.45) is 0 Å². The van der Waals surface area contributed by atoms with E-state index >= 15 is 0 Å². The van der Waals surface area contributed by atoms with Gasteiger partial charge in [-0.25, -0.2) is 0 Å². The van der Waals surface area contributed by atoms with Crippen molar-refractivity contribution in [3.63, 3.8) is 0 Å². The lowest BCUT2D eigenvalue weighted by molar-refractivity contribution is -0.112. The Labute approximate surface area is 65.7 Å². The summed E-state index contributed by atoms with van der Waals surface area (Å²) in [6.45, 7) is 1.53. The van der Waals surface area contributed by atoms with E-state index in [-0.39, 0.29) is 18.5 Å². The van der Waals surface area contributed by atoms with Gasteiger partial charge in [0.15, 0.2) is 5.78 Å². The summed E-state index contributed by atoms with van der Waals surface area (Å²) < 4.78 is 5.21. The number of aliphatic hydroxyl groups excluding tert-OH is 1. The Morgan fingerprint density at radius 2 is 2.64 bits per heavy atom. The van der Waals surface area contributed by atoms with Crippen molar-refractivity contribution in [2.45, 2.75) is 25.9 Å². The number of carbonyl (C=O) groups is 1. The van der Waals surface area contributed by atoms with Gasteiger partial charge in [0.1, 0.15) is 11.9 Å². The molecule has 0 bridgehead atoms. The van der Waals surface area contributed by atoms with Crippen LogP contribution in [-0.2, 0) is 9.53 Å². The van der Waals surface area contributed by atoms with Gasteiger partial charge in [-0.2, -0.15) is 0 Å². The fourth-order valence-corrected chi connectivity index (χ4v) is 1.10. The SMILES string of the molecule is CC(=O)/C=C1/CCC(CO)O1. The van der Waals surface area contributed by atoms with Crippen LogP contribution in [0.25, 0.3) is 0 Å². The predicted molar refractivity (Wildman–Crippen MR) is 40.0 cm³/mol. The molecule has 1 heterocycles. The predicted octanol–water partition coefficient (Wildman–Crippen LogP) is 0.631. The first-order valence-corrected chi connectivity index (χ1v) is 3.71. The summed E-state index contributed by atoms with van der Waals surface area (Å²) in [5.41, 5.74) is 0. The van der Waals surface area contributed by atoms with Crippen LogP contribution in [0.3, 0.4) is 0 Å². The number of ether oxygens (including phenoxy) is 1. The summed E-state index contributed by atoms with van der Waals surface area (Å²) in [7, 11) is 0. The zero-order valence-electron chi connectivity index (χ0n) is 6.54. The number of carbonyl (C=O) groups excluding carboxylic acids is 1. The Morgan fingerprint density at radius 1 is 1.91 bits per heavy atom. The lowest BCUT2D eigenvalue weighted by atomic mass is 10.2. The van der Waals surface area contributed by atoms with E-state index in [4.69, 9.17) is 9.84 Å². The summed E-state index contributed by atoms with van der Waals surface area (Å²) in [6.07, 6.45) is 2.97. The summed E-state index contributed by atoms with van der Waals surface area (Å²) >= 11 is 0. The maximum Gasteiger partial charge on any atom is 0.155 e. The molecule has 1 saturated heterocycles. The van der Waals surface area contributed by atoms with E-state index < -0.39 is 0 Å². The Morgan fingerprint density at radius 3 is 3.09 bits per heavy atom. The van der Waals surface area contributed by atoms with Crippen LogP contribution in [0, 0.1) is 0 Å². The van der Waals surface area contributed by atoms with E-state index in [9.17, 15) is 4.79 Å². The molecule has 0 aromatic heterocycles. The van der Waals surface area contributed by atoms with Crippen molar-refractivity contribution in [1.82, 2.24) is 0 Å². The van der Waals surface area contributed by atoms with E-state index in [0.29, 0.717) is 5.76 Å².